The SMILES string of the molecule is Cc1ccc([C@H](O)CBr)cc1. The average molecular weight is 215 g/mol. The third-order valence-electron chi connectivity index (χ3n) is 1.61. The van der Waals surface area contributed by atoms with Crippen LogP contribution >= 0.6 is 15.9 Å². The van der Waals surface area contributed by atoms with Crippen molar-refractivity contribution in [1.82, 2.24) is 0 Å². The average Bonchev–Trinajstić information content (AvgIpc) is 2.05. The topological polar surface area (TPSA) is 20.2 Å². The van der Waals surface area contributed by atoms with Crippen LogP contribution in [0.4, 0.5) is 0 Å². The second kappa shape index (κ2) is 3.88. The summed E-state index contributed by atoms with van der Waals surface area (Å²) < 4.78 is 0. The molecule has 1 aromatic carbocycles. The number of hydrogen-bond donors (Lipinski definition) is 1. The zero-order valence-corrected chi connectivity index (χ0v) is 8.01. The molecule has 60 valence electrons. The van der Waals surface area contributed by atoms with Crippen LogP contribution in [0.1, 0.15) is 17.2 Å². The lowest BCUT2D eigenvalue weighted by atomic mass is 10.1. The Morgan fingerprint density at radius 3 is 2.36 bits per heavy atom. The number of aliphatic hydroxyl groups is 1. The number of aliphatic hydroxyl groups excluding tert-OH is 1. The van der Waals surface area contributed by atoms with Crippen molar-refractivity contribution in [2.24, 2.45) is 0 Å². The predicted molar refractivity (Wildman–Crippen MR) is 49.9 cm³/mol. The molecule has 11 heavy (non-hydrogen) atoms. The van der Waals surface area contributed by atoms with Crippen LogP contribution in [0.15, 0.2) is 24.3 Å². The largest absolute Gasteiger partial charge is 0.388 e. The van der Waals surface area contributed by atoms with Gasteiger partial charge in [0.1, 0.15) is 0 Å². The molecule has 0 bridgehead atoms. The minimum atomic E-state index is -0.379. The lowest BCUT2D eigenvalue weighted by Gasteiger charge is -2.06. The van der Waals surface area contributed by atoms with E-state index in [1.165, 1.54) is 5.56 Å². The zero-order chi connectivity index (χ0) is 8.27. The molecule has 1 N–H and O–H groups in total. The molecule has 1 nitrogen and oxygen atoms in total. The second-order valence-electron chi connectivity index (χ2n) is 2.58. The zero-order valence-electron chi connectivity index (χ0n) is 6.42. The summed E-state index contributed by atoms with van der Waals surface area (Å²) in [7, 11) is 0. The van der Waals surface area contributed by atoms with Gasteiger partial charge in [-0.1, -0.05) is 45.8 Å². The lowest BCUT2D eigenvalue weighted by molar-refractivity contribution is 0.205. The normalized spacial score (nSPS) is 13.0. The summed E-state index contributed by atoms with van der Waals surface area (Å²) in [5.74, 6) is 0. The quantitative estimate of drug-likeness (QED) is 0.751. The van der Waals surface area contributed by atoms with E-state index in [2.05, 4.69) is 15.9 Å². The van der Waals surface area contributed by atoms with E-state index in [-0.39, 0.29) is 6.10 Å². The van der Waals surface area contributed by atoms with Crippen LogP contribution in [0.2, 0.25) is 0 Å². The highest BCUT2D eigenvalue weighted by Crippen LogP contribution is 2.14. The molecule has 1 aromatic rings. The van der Waals surface area contributed by atoms with Crippen LogP contribution in [0.3, 0.4) is 0 Å². The van der Waals surface area contributed by atoms with Gasteiger partial charge in [-0.05, 0) is 12.5 Å². The molecule has 1 rings (SSSR count). The maximum atomic E-state index is 9.37. The van der Waals surface area contributed by atoms with Crippen LogP contribution in [-0.4, -0.2) is 10.4 Å². The Hall–Kier alpha value is -0.340. The Balaban J connectivity index is 2.81. The second-order valence-corrected chi connectivity index (χ2v) is 3.23. The number of hydrogen-bond acceptors (Lipinski definition) is 1. The summed E-state index contributed by atoms with van der Waals surface area (Å²) in [4.78, 5) is 0. The Labute approximate surface area is 75.2 Å². The fraction of sp³-hybridized carbons (Fsp3) is 0.333. The van der Waals surface area contributed by atoms with E-state index in [1.807, 2.05) is 31.2 Å². The monoisotopic (exact) mass is 214 g/mol. The number of benzene rings is 1. The van der Waals surface area contributed by atoms with Gasteiger partial charge in [0.2, 0.25) is 0 Å². The maximum Gasteiger partial charge on any atom is 0.0886 e. The standard InChI is InChI=1S/C9H11BrO/c1-7-2-4-8(5-3-7)9(11)6-10/h2-5,9,11H,6H2,1H3/t9-/m1/s1. The highest BCUT2D eigenvalue weighted by Gasteiger charge is 2.03. The predicted octanol–water partition coefficient (Wildman–Crippen LogP) is 2.42. The summed E-state index contributed by atoms with van der Waals surface area (Å²) in [6.45, 7) is 2.03. The van der Waals surface area contributed by atoms with Crippen molar-refractivity contribution in [1.29, 1.82) is 0 Å². The minimum Gasteiger partial charge on any atom is -0.388 e. The lowest BCUT2D eigenvalue weighted by Crippen LogP contribution is -1.97. The van der Waals surface area contributed by atoms with E-state index in [0.717, 1.165) is 5.56 Å². The van der Waals surface area contributed by atoms with Gasteiger partial charge in [0.25, 0.3) is 0 Å². The van der Waals surface area contributed by atoms with Gasteiger partial charge >= 0.3 is 0 Å². The van der Waals surface area contributed by atoms with Gasteiger partial charge in [-0.2, -0.15) is 0 Å². The van der Waals surface area contributed by atoms with Gasteiger partial charge in [-0.15, -0.1) is 0 Å². The molecule has 0 radical (unpaired) electrons. The summed E-state index contributed by atoms with van der Waals surface area (Å²) in [6, 6.07) is 7.89. The summed E-state index contributed by atoms with van der Waals surface area (Å²) in [5.41, 5.74) is 2.18. The van der Waals surface area contributed by atoms with Crippen molar-refractivity contribution in [2.75, 3.05) is 5.33 Å². The number of aryl methyl sites for hydroxylation is 1. The van der Waals surface area contributed by atoms with Crippen LogP contribution in [-0.2, 0) is 0 Å². The molecular weight excluding hydrogens is 204 g/mol. The van der Waals surface area contributed by atoms with Crippen LogP contribution in [0.5, 0.6) is 0 Å². The Kier molecular flexibility index (Phi) is 3.09. The van der Waals surface area contributed by atoms with Crippen LogP contribution in [0, 0.1) is 6.92 Å². The molecule has 0 saturated heterocycles. The van der Waals surface area contributed by atoms with Crippen molar-refractivity contribution in [3.05, 3.63) is 35.4 Å². The van der Waals surface area contributed by atoms with Gasteiger partial charge in [-0.25, -0.2) is 0 Å². The Morgan fingerprint density at radius 1 is 1.36 bits per heavy atom. The van der Waals surface area contributed by atoms with Gasteiger partial charge in [-0.3, -0.25) is 0 Å². The van der Waals surface area contributed by atoms with Crippen molar-refractivity contribution < 1.29 is 5.11 Å². The van der Waals surface area contributed by atoms with E-state index < -0.39 is 0 Å². The van der Waals surface area contributed by atoms with E-state index in [9.17, 15) is 5.11 Å². The smallest absolute Gasteiger partial charge is 0.0886 e. The fourth-order valence-corrected chi connectivity index (χ4v) is 1.25. The number of halogens is 1. The number of rotatable bonds is 2. The van der Waals surface area contributed by atoms with Crippen LogP contribution < -0.4 is 0 Å². The maximum absolute atomic E-state index is 9.37. The van der Waals surface area contributed by atoms with Crippen molar-refractivity contribution in [3.63, 3.8) is 0 Å². The number of alkyl halides is 1. The molecule has 0 aliphatic carbocycles. The van der Waals surface area contributed by atoms with Gasteiger partial charge in [0, 0.05) is 5.33 Å². The highest BCUT2D eigenvalue weighted by molar-refractivity contribution is 9.09. The van der Waals surface area contributed by atoms with Crippen molar-refractivity contribution in [2.45, 2.75) is 13.0 Å². The molecule has 0 amide bonds. The summed E-state index contributed by atoms with van der Waals surface area (Å²) in [5, 5.41) is 9.97. The first-order chi connectivity index (χ1) is 5.24. The Bertz CT molecular complexity index is 218. The Morgan fingerprint density at radius 2 is 1.91 bits per heavy atom. The molecule has 0 spiro atoms. The van der Waals surface area contributed by atoms with E-state index in [4.69, 9.17) is 0 Å². The molecule has 2 heteroatoms. The molecule has 0 saturated carbocycles. The molecule has 1 atom stereocenters. The molecule has 0 aliphatic heterocycles. The highest BCUT2D eigenvalue weighted by atomic mass is 79.9. The third-order valence-corrected chi connectivity index (χ3v) is 2.22. The molecule has 0 fully saturated rings. The molecule has 0 heterocycles. The van der Waals surface area contributed by atoms with Crippen LogP contribution in [0.25, 0.3) is 0 Å². The first-order valence-electron chi connectivity index (χ1n) is 3.54. The fourth-order valence-electron chi connectivity index (χ4n) is 0.878. The van der Waals surface area contributed by atoms with Gasteiger partial charge in [0.15, 0.2) is 0 Å². The molecule has 0 aromatic heterocycles. The molecular formula is C9H11BrO. The first kappa shape index (κ1) is 8.75. The molecule has 0 aliphatic rings. The van der Waals surface area contributed by atoms with Crippen molar-refractivity contribution in [3.8, 4) is 0 Å². The van der Waals surface area contributed by atoms with E-state index in [0.29, 0.717) is 5.33 Å². The molecule has 0 unspecified atom stereocenters. The van der Waals surface area contributed by atoms with Gasteiger partial charge in [0.05, 0.1) is 6.10 Å². The van der Waals surface area contributed by atoms with Crippen molar-refractivity contribution >= 4 is 15.9 Å². The van der Waals surface area contributed by atoms with E-state index >= 15 is 0 Å². The summed E-state index contributed by atoms with van der Waals surface area (Å²) in [6.07, 6.45) is -0.379. The summed E-state index contributed by atoms with van der Waals surface area (Å²) >= 11 is 3.22. The van der Waals surface area contributed by atoms with E-state index in [1.54, 1.807) is 0 Å². The third kappa shape index (κ3) is 2.31. The first-order valence-corrected chi connectivity index (χ1v) is 4.67. The minimum absolute atomic E-state index is 0.379. The van der Waals surface area contributed by atoms with Gasteiger partial charge < -0.3 is 5.11 Å².